The summed E-state index contributed by atoms with van der Waals surface area (Å²) >= 11 is 0. The molecule has 1 saturated heterocycles. The van der Waals surface area contributed by atoms with Gasteiger partial charge in [0, 0.05) is 12.5 Å². The van der Waals surface area contributed by atoms with Gasteiger partial charge in [0.1, 0.15) is 18.3 Å². The molecule has 6 nitrogen and oxygen atoms in total. The number of fused-ring (bicyclic) bond motifs is 2. The molecule has 1 unspecified atom stereocenters. The van der Waals surface area contributed by atoms with Crippen LogP contribution in [0.4, 0.5) is 0 Å². The van der Waals surface area contributed by atoms with Crippen LogP contribution >= 0.6 is 0 Å². The molecule has 1 fully saturated rings. The van der Waals surface area contributed by atoms with E-state index in [2.05, 4.69) is 0 Å². The van der Waals surface area contributed by atoms with Crippen molar-refractivity contribution in [1.29, 1.82) is 0 Å². The lowest BCUT2D eigenvalue weighted by Gasteiger charge is -2.23. The number of ether oxygens (including phenoxy) is 3. The molecule has 0 bridgehead atoms. The van der Waals surface area contributed by atoms with Crippen molar-refractivity contribution in [2.45, 2.75) is 90.5 Å². The zero-order valence-electron chi connectivity index (χ0n) is 20.4. The number of carbonyl (C=O) groups excluding carboxylic acids is 1. The number of unbranched alkanes of at least 4 members (excludes halogenated alkanes) is 1. The second-order valence-electron chi connectivity index (χ2n) is 9.63. The first kappa shape index (κ1) is 25.6. The Balaban J connectivity index is 2.03. The zero-order valence-corrected chi connectivity index (χ0v) is 20.4. The average molecular weight is 459 g/mol. The first-order chi connectivity index (χ1) is 15.6. The molecule has 1 aromatic carbocycles. The third-order valence-corrected chi connectivity index (χ3v) is 6.46. The maximum Gasteiger partial charge on any atom is 0.339 e. The van der Waals surface area contributed by atoms with Crippen LogP contribution in [0.1, 0.15) is 74.0 Å². The summed E-state index contributed by atoms with van der Waals surface area (Å²) < 4.78 is 18.0. The van der Waals surface area contributed by atoms with Gasteiger partial charge in [-0.2, -0.15) is 0 Å². The van der Waals surface area contributed by atoms with Gasteiger partial charge in [-0.1, -0.05) is 43.4 Å². The predicted molar refractivity (Wildman–Crippen MR) is 128 cm³/mol. The molecule has 5 atom stereocenters. The van der Waals surface area contributed by atoms with Crippen molar-refractivity contribution in [2.24, 2.45) is 5.92 Å². The minimum absolute atomic E-state index is 0.0904. The third-order valence-electron chi connectivity index (χ3n) is 6.46. The number of hydrogen-bond donors (Lipinski definition) is 2. The van der Waals surface area contributed by atoms with E-state index >= 15 is 0 Å². The third kappa shape index (κ3) is 6.33. The molecule has 1 aromatic rings. The molecule has 182 valence electrons. The van der Waals surface area contributed by atoms with E-state index in [-0.39, 0.29) is 30.7 Å². The van der Waals surface area contributed by atoms with Crippen LogP contribution in [0.3, 0.4) is 0 Å². The maximum atomic E-state index is 13.3. The van der Waals surface area contributed by atoms with Gasteiger partial charge >= 0.3 is 5.97 Å². The summed E-state index contributed by atoms with van der Waals surface area (Å²) in [6, 6.07) is 4.01. The SMILES string of the molecule is Cc1ccc(CCCCO)c2c1C(=O)O[C@@H](C)[C@H](C)/C=C\C(O)[C@H]1OC(C)(C)O[C@H]1C/C=C/2. The highest BCUT2D eigenvalue weighted by atomic mass is 16.8. The Morgan fingerprint density at radius 3 is 2.61 bits per heavy atom. The van der Waals surface area contributed by atoms with Crippen molar-refractivity contribution in [3.05, 3.63) is 52.6 Å². The molecule has 2 aliphatic rings. The van der Waals surface area contributed by atoms with Crippen LogP contribution < -0.4 is 0 Å². The molecule has 0 amide bonds. The van der Waals surface area contributed by atoms with Gasteiger partial charge in [0.05, 0.1) is 11.7 Å². The molecule has 0 radical (unpaired) electrons. The molecule has 2 heterocycles. The van der Waals surface area contributed by atoms with Gasteiger partial charge in [0.2, 0.25) is 0 Å². The number of rotatable bonds is 4. The highest BCUT2D eigenvalue weighted by molar-refractivity contribution is 5.96. The van der Waals surface area contributed by atoms with Crippen LogP contribution in [0.2, 0.25) is 0 Å². The Morgan fingerprint density at radius 1 is 1.12 bits per heavy atom. The topological polar surface area (TPSA) is 85.2 Å². The van der Waals surface area contributed by atoms with Crippen LogP contribution in [0.5, 0.6) is 0 Å². The quantitative estimate of drug-likeness (QED) is 0.397. The fourth-order valence-corrected chi connectivity index (χ4v) is 4.42. The van der Waals surface area contributed by atoms with Crippen LogP contribution in [0.25, 0.3) is 6.08 Å². The monoisotopic (exact) mass is 458 g/mol. The molecular weight excluding hydrogens is 420 g/mol. The molecule has 0 saturated carbocycles. The minimum Gasteiger partial charge on any atom is -0.458 e. The molecular formula is C27H38O6. The highest BCUT2D eigenvalue weighted by Crippen LogP contribution is 2.33. The standard InChI is InChI=1S/C27H38O6/c1-17-13-15-22(29)25-23(32-27(4,5)33-25)11-8-10-21-20(9-6-7-16-28)14-12-18(2)24(21)26(30)31-19(17)3/h8,10,12-15,17,19,22-23,25,28-29H,6-7,9,11,16H2,1-5H3/b10-8+,15-13-/t17-,19+,22?,23+,25-/m1/s1. The average Bonchev–Trinajstić information content (AvgIpc) is 3.07. The van der Waals surface area contributed by atoms with Crippen molar-refractivity contribution in [1.82, 2.24) is 0 Å². The van der Waals surface area contributed by atoms with Crippen molar-refractivity contribution in [3.63, 3.8) is 0 Å². The minimum atomic E-state index is -0.831. The summed E-state index contributed by atoms with van der Waals surface area (Å²) in [6.45, 7) is 9.59. The number of aliphatic hydroxyl groups is 2. The van der Waals surface area contributed by atoms with E-state index in [4.69, 9.17) is 14.2 Å². The van der Waals surface area contributed by atoms with Gasteiger partial charge in [-0.3, -0.25) is 0 Å². The fourth-order valence-electron chi connectivity index (χ4n) is 4.42. The molecule has 3 rings (SSSR count). The number of benzene rings is 1. The lowest BCUT2D eigenvalue weighted by Crippen LogP contribution is -2.34. The van der Waals surface area contributed by atoms with Crippen molar-refractivity contribution in [2.75, 3.05) is 6.61 Å². The van der Waals surface area contributed by atoms with Crippen molar-refractivity contribution >= 4 is 12.0 Å². The van der Waals surface area contributed by atoms with E-state index in [0.29, 0.717) is 18.4 Å². The largest absolute Gasteiger partial charge is 0.458 e. The van der Waals surface area contributed by atoms with Crippen LogP contribution in [0.15, 0.2) is 30.4 Å². The molecule has 6 heteroatoms. The molecule has 0 aromatic heterocycles. The number of aliphatic hydroxyl groups excluding tert-OH is 2. The Morgan fingerprint density at radius 2 is 1.88 bits per heavy atom. The fraction of sp³-hybridized carbons (Fsp3) is 0.593. The van der Waals surface area contributed by atoms with Crippen LogP contribution in [-0.4, -0.2) is 53.0 Å². The van der Waals surface area contributed by atoms with Gasteiger partial charge < -0.3 is 24.4 Å². The summed E-state index contributed by atoms with van der Waals surface area (Å²) in [5.74, 6) is -1.22. The zero-order chi connectivity index (χ0) is 24.2. The van der Waals surface area contributed by atoms with Crippen molar-refractivity contribution < 1.29 is 29.2 Å². The van der Waals surface area contributed by atoms with Gasteiger partial charge in [-0.05, 0) is 70.1 Å². The van der Waals surface area contributed by atoms with E-state index in [1.807, 2.05) is 65.0 Å². The molecule has 0 spiro atoms. The normalized spacial score (nSPS) is 31.7. The lowest BCUT2D eigenvalue weighted by atomic mass is 9.92. The van der Waals surface area contributed by atoms with E-state index < -0.39 is 18.0 Å². The second kappa shape index (κ2) is 11.0. The smallest absolute Gasteiger partial charge is 0.339 e. The number of carbonyl (C=O) groups is 1. The van der Waals surface area contributed by atoms with Crippen molar-refractivity contribution in [3.8, 4) is 0 Å². The second-order valence-corrected chi connectivity index (χ2v) is 9.63. The van der Waals surface area contributed by atoms with E-state index in [0.717, 1.165) is 29.5 Å². The van der Waals surface area contributed by atoms with E-state index in [9.17, 15) is 15.0 Å². The van der Waals surface area contributed by atoms with Gasteiger partial charge in [-0.15, -0.1) is 0 Å². The molecule has 2 N–H and O–H groups in total. The number of aryl methyl sites for hydroxylation is 2. The summed E-state index contributed by atoms with van der Waals surface area (Å²) in [5, 5.41) is 20.0. The summed E-state index contributed by atoms with van der Waals surface area (Å²) in [6.07, 6.45) is 8.35. The van der Waals surface area contributed by atoms with E-state index in [1.54, 1.807) is 6.08 Å². The van der Waals surface area contributed by atoms with Crippen LogP contribution in [-0.2, 0) is 20.6 Å². The summed E-state index contributed by atoms with van der Waals surface area (Å²) in [5.41, 5.74) is 3.34. The lowest BCUT2D eigenvalue weighted by molar-refractivity contribution is -0.152. The van der Waals surface area contributed by atoms with Gasteiger partial charge in [0.25, 0.3) is 0 Å². The maximum absolute atomic E-state index is 13.3. The van der Waals surface area contributed by atoms with E-state index in [1.165, 1.54) is 0 Å². The number of cyclic esters (lactones) is 1. The Bertz CT molecular complexity index is 887. The Kier molecular flexibility index (Phi) is 8.51. The first-order valence-corrected chi connectivity index (χ1v) is 12.0. The van der Waals surface area contributed by atoms with Gasteiger partial charge in [-0.25, -0.2) is 4.79 Å². The summed E-state index contributed by atoms with van der Waals surface area (Å²) in [7, 11) is 0. The molecule has 0 aliphatic carbocycles. The molecule has 2 aliphatic heterocycles. The summed E-state index contributed by atoms with van der Waals surface area (Å²) in [4.78, 5) is 13.3. The number of hydrogen-bond acceptors (Lipinski definition) is 6. The van der Waals surface area contributed by atoms with Gasteiger partial charge in [0.15, 0.2) is 5.79 Å². The Hall–Kier alpha value is -1.99. The van der Waals surface area contributed by atoms with Crippen LogP contribution in [0, 0.1) is 12.8 Å². The predicted octanol–water partition coefficient (Wildman–Crippen LogP) is 4.35. The number of esters is 1. The Labute approximate surface area is 197 Å². The first-order valence-electron chi connectivity index (χ1n) is 12.0. The molecule has 33 heavy (non-hydrogen) atoms. The highest BCUT2D eigenvalue weighted by Gasteiger charge is 2.43.